The average Bonchev–Trinajstić information content (AvgIpc) is 2.89. The Morgan fingerprint density at radius 1 is 1.07 bits per heavy atom. The predicted octanol–water partition coefficient (Wildman–Crippen LogP) is 6.48. The molecule has 0 aromatic carbocycles. The van der Waals surface area contributed by atoms with E-state index in [-0.39, 0.29) is 23.7 Å². The Labute approximate surface area is 164 Å². The molecule has 0 aliphatic heterocycles. The molecule has 0 heterocycles. The Hall–Kier alpha value is -0.600. The molecule has 4 aliphatic rings. The number of carboxylic acids is 1. The SMILES string of the molecule is C[C@H](CCC(=O)O)[C@H]1C(F)C[C@H]2[C@@H]3CC[C@@H]4CCCC[C@]4(C)[C@H]3CC[C@]12C. The molecule has 154 valence electrons. The van der Waals surface area contributed by atoms with Gasteiger partial charge in [-0.2, -0.15) is 0 Å². The molecule has 0 radical (unpaired) electrons. The standard InChI is InChI=1S/C24H39FO2/c1-15(7-10-21(26)27)22-20(25)14-19-17-9-8-16-6-4-5-12-23(16,2)18(17)11-13-24(19,22)3/h15-20,22H,4-14H2,1-3H3,(H,26,27)/t15-,16+,17-,18+,19+,20?,22+,23+,24+/m1/s1. The lowest BCUT2D eigenvalue weighted by Gasteiger charge is -2.60. The summed E-state index contributed by atoms with van der Waals surface area (Å²) in [6.45, 7) is 7.05. The van der Waals surface area contributed by atoms with Gasteiger partial charge in [-0.25, -0.2) is 4.39 Å². The van der Waals surface area contributed by atoms with Gasteiger partial charge < -0.3 is 5.11 Å². The number of aliphatic carboxylic acids is 1. The highest BCUT2D eigenvalue weighted by atomic mass is 19.1. The van der Waals surface area contributed by atoms with E-state index in [1.807, 2.05) is 0 Å². The molecule has 0 amide bonds. The van der Waals surface area contributed by atoms with Gasteiger partial charge in [0.25, 0.3) is 0 Å². The maximum atomic E-state index is 15.3. The quantitative estimate of drug-likeness (QED) is 0.607. The zero-order valence-electron chi connectivity index (χ0n) is 17.6. The summed E-state index contributed by atoms with van der Waals surface area (Å²) >= 11 is 0. The first-order valence-electron chi connectivity index (χ1n) is 11.6. The molecular weight excluding hydrogens is 339 g/mol. The van der Waals surface area contributed by atoms with Crippen molar-refractivity contribution < 1.29 is 14.3 Å². The van der Waals surface area contributed by atoms with Gasteiger partial charge in [0.1, 0.15) is 6.17 Å². The van der Waals surface area contributed by atoms with Gasteiger partial charge in [-0.1, -0.05) is 33.6 Å². The van der Waals surface area contributed by atoms with Crippen LogP contribution in [0.1, 0.15) is 91.4 Å². The van der Waals surface area contributed by atoms with Gasteiger partial charge in [0.05, 0.1) is 0 Å². The summed E-state index contributed by atoms with van der Waals surface area (Å²) in [5, 5.41) is 9.07. The molecule has 9 atom stereocenters. The van der Waals surface area contributed by atoms with Crippen molar-refractivity contribution in [1.29, 1.82) is 0 Å². The topological polar surface area (TPSA) is 37.3 Å². The van der Waals surface area contributed by atoms with Crippen LogP contribution in [0, 0.1) is 46.3 Å². The Morgan fingerprint density at radius 3 is 2.59 bits per heavy atom. The fraction of sp³-hybridized carbons (Fsp3) is 0.958. The van der Waals surface area contributed by atoms with Crippen molar-refractivity contribution in [3.63, 3.8) is 0 Å². The molecule has 2 nitrogen and oxygen atoms in total. The second kappa shape index (κ2) is 7.02. The summed E-state index contributed by atoms with van der Waals surface area (Å²) in [5.41, 5.74) is 0.581. The van der Waals surface area contributed by atoms with Crippen molar-refractivity contribution in [1.82, 2.24) is 0 Å². The third kappa shape index (κ3) is 3.06. The van der Waals surface area contributed by atoms with E-state index in [9.17, 15) is 4.79 Å². The maximum absolute atomic E-state index is 15.3. The van der Waals surface area contributed by atoms with Gasteiger partial charge in [-0.3, -0.25) is 4.79 Å². The van der Waals surface area contributed by atoms with Crippen LogP contribution in [0.25, 0.3) is 0 Å². The Bertz CT molecular complexity index is 577. The molecule has 3 heteroatoms. The first-order chi connectivity index (χ1) is 12.8. The van der Waals surface area contributed by atoms with E-state index in [0.29, 0.717) is 23.7 Å². The van der Waals surface area contributed by atoms with Crippen LogP contribution in [0.4, 0.5) is 4.39 Å². The minimum atomic E-state index is -0.746. The summed E-state index contributed by atoms with van der Waals surface area (Å²) in [6.07, 6.45) is 11.5. The molecule has 0 aromatic heterocycles. The molecule has 4 saturated carbocycles. The van der Waals surface area contributed by atoms with Crippen LogP contribution in [0.3, 0.4) is 0 Å². The van der Waals surface area contributed by atoms with Crippen molar-refractivity contribution >= 4 is 5.97 Å². The number of hydrogen-bond acceptors (Lipinski definition) is 1. The van der Waals surface area contributed by atoms with Crippen molar-refractivity contribution in [2.45, 2.75) is 97.6 Å². The van der Waals surface area contributed by atoms with E-state index in [1.54, 1.807) is 0 Å². The summed E-state index contributed by atoms with van der Waals surface area (Å²) < 4.78 is 15.3. The first kappa shape index (κ1) is 19.7. The van der Waals surface area contributed by atoms with Gasteiger partial charge in [0.15, 0.2) is 0 Å². The lowest BCUT2D eigenvalue weighted by Crippen LogP contribution is -2.53. The molecule has 1 N–H and O–H groups in total. The third-order valence-electron chi connectivity index (χ3n) is 10.1. The van der Waals surface area contributed by atoms with Gasteiger partial charge in [0, 0.05) is 6.42 Å². The van der Waals surface area contributed by atoms with E-state index in [1.165, 1.54) is 44.9 Å². The number of fused-ring (bicyclic) bond motifs is 5. The molecule has 0 saturated heterocycles. The predicted molar refractivity (Wildman–Crippen MR) is 106 cm³/mol. The molecule has 0 bridgehead atoms. The van der Waals surface area contributed by atoms with Gasteiger partial charge >= 0.3 is 5.97 Å². The Kier molecular flexibility index (Phi) is 5.13. The number of carbonyl (C=O) groups is 1. The average molecular weight is 379 g/mol. The molecule has 27 heavy (non-hydrogen) atoms. The molecular formula is C24H39FO2. The smallest absolute Gasteiger partial charge is 0.303 e. The molecule has 0 aromatic rings. The lowest BCUT2D eigenvalue weighted by atomic mass is 9.44. The van der Waals surface area contributed by atoms with Crippen LogP contribution in [0.2, 0.25) is 0 Å². The van der Waals surface area contributed by atoms with Crippen LogP contribution in [-0.4, -0.2) is 17.2 Å². The highest BCUT2D eigenvalue weighted by molar-refractivity contribution is 5.66. The minimum Gasteiger partial charge on any atom is -0.481 e. The fourth-order valence-corrected chi connectivity index (χ4v) is 8.84. The second-order valence-corrected chi connectivity index (χ2v) is 11.1. The molecule has 4 fully saturated rings. The van der Waals surface area contributed by atoms with Gasteiger partial charge in [-0.05, 0) is 97.7 Å². The summed E-state index contributed by atoms with van der Waals surface area (Å²) in [6, 6.07) is 0. The van der Waals surface area contributed by atoms with Crippen LogP contribution >= 0.6 is 0 Å². The van der Waals surface area contributed by atoms with Crippen molar-refractivity contribution in [2.24, 2.45) is 46.3 Å². The highest BCUT2D eigenvalue weighted by Gasteiger charge is 2.62. The molecule has 1 unspecified atom stereocenters. The van der Waals surface area contributed by atoms with E-state index >= 15 is 4.39 Å². The second-order valence-electron chi connectivity index (χ2n) is 11.1. The van der Waals surface area contributed by atoms with E-state index in [4.69, 9.17) is 5.11 Å². The normalized spacial score (nSPS) is 50.4. The number of hydrogen-bond donors (Lipinski definition) is 1. The largest absolute Gasteiger partial charge is 0.481 e. The number of alkyl halides is 1. The van der Waals surface area contributed by atoms with Crippen LogP contribution in [0.15, 0.2) is 0 Å². The van der Waals surface area contributed by atoms with Crippen LogP contribution < -0.4 is 0 Å². The highest BCUT2D eigenvalue weighted by Crippen LogP contribution is 2.68. The van der Waals surface area contributed by atoms with Crippen molar-refractivity contribution in [3.8, 4) is 0 Å². The maximum Gasteiger partial charge on any atom is 0.303 e. The summed E-state index contributed by atoms with van der Waals surface area (Å²) in [4.78, 5) is 11.0. The first-order valence-corrected chi connectivity index (χ1v) is 11.6. The zero-order valence-corrected chi connectivity index (χ0v) is 17.6. The van der Waals surface area contributed by atoms with Crippen LogP contribution in [-0.2, 0) is 4.79 Å². The number of rotatable bonds is 4. The Balaban J connectivity index is 1.56. The summed E-state index contributed by atoms with van der Waals surface area (Å²) in [5.74, 6) is 2.41. The van der Waals surface area contributed by atoms with E-state index in [0.717, 1.165) is 24.7 Å². The number of carboxylic acid groups (broad SMARTS) is 1. The van der Waals surface area contributed by atoms with Crippen LogP contribution in [0.5, 0.6) is 0 Å². The van der Waals surface area contributed by atoms with Gasteiger partial charge in [0.2, 0.25) is 0 Å². The Morgan fingerprint density at radius 2 is 1.85 bits per heavy atom. The molecule has 0 spiro atoms. The van der Waals surface area contributed by atoms with E-state index in [2.05, 4.69) is 20.8 Å². The van der Waals surface area contributed by atoms with Gasteiger partial charge in [-0.15, -0.1) is 0 Å². The van der Waals surface area contributed by atoms with E-state index < -0.39 is 12.1 Å². The monoisotopic (exact) mass is 378 g/mol. The number of halogens is 1. The fourth-order valence-electron chi connectivity index (χ4n) is 8.84. The van der Waals surface area contributed by atoms with Crippen molar-refractivity contribution in [3.05, 3.63) is 0 Å². The molecule has 4 rings (SSSR count). The minimum absolute atomic E-state index is 0.0553. The molecule has 4 aliphatic carbocycles. The van der Waals surface area contributed by atoms with Crippen molar-refractivity contribution in [2.75, 3.05) is 0 Å². The summed E-state index contributed by atoms with van der Waals surface area (Å²) in [7, 11) is 0. The lowest BCUT2D eigenvalue weighted by molar-refractivity contribution is -0.138. The third-order valence-corrected chi connectivity index (χ3v) is 10.1. The zero-order chi connectivity index (χ0) is 19.4.